The molecule has 5 aromatic rings. The van der Waals surface area contributed by atoms with E-state index in [0.29, 0.717) is 28.0 Å². The van der Waals surface area contributed by atoms with Crippen LogP contribution in [-0.2, 0) is 0 Å². The molecule has 0 aliphatic heterocycles. The highest BCUT2D eigenvalue weighted by Crippen LogP contribution is 2.35. The number of nitro groups is 1. The van der Waals surface area contributed by atoms with E-state index >= 15 is 0 Å². The number of nitrogens with one attached hydrogen (secondary N) is 1. The summed E-state index contributed by atoms with van der Waals surface area (Å²) in [7, 11) is 0. The molecule has 0 atom stereocenters. The van der Waals surface area contributed by atoms with Gasteiger partial charge in [-0.1, -0.05) is 18.2 Å². The van der Waals surface area contributed by atoms with Gasteiger partial charge in [0.1, 0.15) is 17.3 Å². The molecule has 0 unspecified atom stereocenters. The summed E-state index contributed by atoms with van der Waals surface area (Å²) >= 11 is 0. The second-order valence-corrected chi connectivity index (χ2v) is 6.70. The molecule has 0 saturated heterocycles. The summed E-state index contributed by atoms with van der Waals surface area (Å²) in [5.41, 5.74) is 2.60. The van der Waals surface area contributed by atoms with Gasteiger partial charge in [0.15, 0.2) is 0 Å². The molecule has 5 rings (SSSR count). The predicted molar refractivity (Wildman–Crippen MR) is 110 cm³/mol. The second-order valence-electron chi connectivity index (χ2n) is 6.70. The second kappa shape index (κ2) is 6.95. The van der Waals surface area contributed by atoms with Crippen molar-refractivity contribution < 1.29 is 19.6 Å². The Kier molecular flexibility index (Phi) is 4.11. The Morgan fingerprint density at radius 2 is 1.65 bits per heavy atom. The van der Waals surface area contributed by atoms with E-state index in [1.165, 1.54) is 30.3 Å². The van der Waals surface area contributed by atoms with Crippen molar-refractivity contribution in [3.63, 3.8) is 0 Å². The van der Waals surface area contributed by atoms with E-state index < -0.39 is 4.92 Å². The molecule has 152 valence electrons. The minimum atomic E-state index is -0.466. The first-order valence-corrected chi connectivity index (χ1v) is 9.09. The molecule has 2 heterocycles. The summed E-state index contributed by atoms with van der Waals surface area (Å²) in [4.78, 5) is 18.2. The number of H-pyrrole nitrogens is 1. The molecular weight excluding hydrogens is 402 g/mol. The number of phenolic OH excluding ortho intramolecular Hbond substituents is 2. The molecule has 0 bridgehead atoms. The molecule has 3 aromatic carbocycles. The number of nitrogens with zero attached hydrogens (tertiary/aromatic N) is 4. The van der Waals surface area contributed by atoms with E-state index in [4.69, 9.17) is 4.42 Å². The fraction of sp³-hybridized carbons (Fsp3) is 0. The molecule has 0 aliphatic carbocycles. The van der Waals surface area contributed by atoms with Gasteiger partial charge in [0.05, 0.1) is 21.5 Å². The largest absolute Gasteiger partial charge is 0.508 e. The summed E-state index contributed by atoms with van der Waals surface area (Å²) in [6.45, 7) is 0. The van der Waals surface area contributed by atoms with Gasteiger partial charge in [0.2, 0.25) is 5.89 Å². The maximum absolute atomic E-state index is 11.0. The quantitative estimate of drug-likeness (QED) is 0.291. The smallest absolute Gasteiger partial charge is 0.271 e. The van der Waals surface area contributed by atoms with Gasteiger partial charge >= 0.3 is 0 Å². The van der Waals surface area contributed by atoms with Crippen molar-refractivity contribution in [2.24, 2.45) is 0 Å². The minimum absolute atomic E-state index is 0.0359. The van der Waals surface area contributed by atoms with Crippen molar-refractivity contribution >= 4 is 16.7 Å². The van der Waals surface area contributed by atoms with E-state index in [1.54, 1.807) is 18.2 Å². The Labute approximate surface area is 173 Å². The zero-order chi connectivity index (χ0) is 21.5. The highest BCUT2D eigenvalue weighted by molar-refractivity contribution is 5.85. The number of fused-ring (bicyclic) bond motifs is 1. The summed E-state index contributed by atoms with van der Waals surface area (Å²) in [5.74, 6) is 0.490. The van der Waals surface area contributed by atoms with Crippen LogP contribution in [0.15, 0.2) is 65.1 Å². The highest BCUT2D eigenvalue weighted by Gasteiger charge is 2.19. The zero-order valence-corrected chi connectivity index (χ0v) is 15.7. The number of phenols is 2. The van der Waals surface area contributed by atoms with Gasteiger partial charge in [0, 0.05) is 29.3 Å². The predicted octanol–water partition coefficient (Wildman–Crippen LogP) is 4.27. The van der Waals surface area contributed by atoms with Crippen LogP contribution in [0.25, 0.3) is 45.3 Å². The summed E-state index contributed by atoms with van der Waals surface area (Å²) in [6.07, 6.45) is 0. The van der Waals surface area contributed by atoms with Gasteiger partial charge in [0.25, 0.3) is 11.6 Å². The Morgan fingerprint density at radius 1 is 0.903 bits per heavy atom. The van der Waals surface area contributed by atoms with Crippen LogP contribution in [0.1, 0.15) is 0 Å². The lowest BCUT2D eigenvalue weighted by Crippen LogP contribution is -1.87. The molecule has 0 amide bonds. The van der Waals surface area contributed by atoms with Crippen LogP contribution in [-0.4, -0.2) is 35.3 Å². The average molecular weight is 415 g/mol. The van der Waals surface area contributed by atoms with Crippen LogP contribution >= 0.6 is 0 Å². The zero-order valence-electron chi connectivity index (χ0n) is 15.7. The third-order valence-corrected chi connectivity index (χ3v) is 4.73. The Morgan fingerprint density at radius 3 is 2.39 bits per heavy atom. The number of nitro benzene ring substituents is 1. The van der Waals surface area contributed by atoms with Crippen molar-refractivity contribution in [3.8, 4) is 45.8 Å². The number of benzene rings is 3. The molecule has 2 aromatic heterocycles. The van der Waals surface area contributed by atoms with E-state index in [0.717, 1.165) is 0 Å². The number of rotatable bonds is 4. The van der Waals surface area contributed by atoms with Crippen LogP contribution in [0.5, 0.6) is 11.5 Å². The topological polar surface area (TPSA) is 151 Å². The van der Waals surface area contributed by atoms with Crippen LogP contribution in [0.2, 0.25) is 0 Å². The fourth-order valence-corrected chi connectivity index (χ4v) is 3.26. The van der Waals surface area contributed by atoms with E-state index in [1.807, 2.05) is 12.1 Å². The molecule has 0 fully saturated rings. The van der Waals surface area contributed by atoms with E-state index in [9.17, 15) is 20.3 Å². The number of imidazole rings is 1. The summed E-state index contributed by atoms with van der Waals surface area (Å²) < 4.78 is 5.77. The number of non-ortho nitro benzene ring substituents is 1. The number of hydrogen-bond acceptors (Lipinski definition) is 8. The van der Waals surface area contributed by atoms with Crippen LogP contribution < -0.4 is 0 Å². The third kappa shape index (κ3) is 3.21. The summed E-state index contributed by atoms with van der Waals surface area (Å²) in [5, 5.41) is 38.6. The highest BCUT2D eigenvalue weighted by atomic mass is 16.6. The standard InChI is InChI=1S/C21H13N5O5/c27-12-6-7-15(18(28)10-12)21-25-24-20(31-21)14-4-2-1-3-13(14)19-22-16-8-5-11(26(29)30)9-17(16)23-19/h1-10,27-28H,(H,22,23). The first kappa shape index (κ1) is 18.3. The molecule has 3 N–H and O–H groups in total. The molecule has 0 spiro atoms. The minimum Gasteiger partial charge on any atom is -0.508 e. The fourth-order valence-electron chi connectivity index (χ4n) is 3.26. The SMILES string of the molecule is O=[N+]([O-])c1ccc2nc(-c3ccccc3-c3nnc(-c4ccc(O)cc4O)o3)[nH]c2c1. The van der Waals surface area contributed by atoms with E-state index in [-0.39, 0.29) is 34.5 Å². The lowest BCUT2D eigenvalue weighted by Gasteiger charge is -2.03. The lowest BCUT2D eigenvalue weighted by molar-refractivity contribution is -0.384. The first-order valence-electron chi connectivity index (χ1n) is 9.09. The first-order chi connectivity index (χ1) is 15.0. The molecular formula is C21H13N5O5. The Bertz CT molecular complexity index is 1460. The van der Waals surface area contributed by atoms with Crippen molar-refractivity contribution in [2.45, 2.75) is 0 Å². The normalized spacial score (nSPS) is 11.1. The molecule has 10 heteroatoms. The monoisotopic (exact) mass is 415 g/mol. The molecule has 31 heavy (non-hydrogen) atoms. The van der Waals surface area contributed by atoms with Crippen LogP contribution in [0, 0.1) is 10.1 Å². The molecule has 10 nitrogen and oxygen atoms in total. The van der Waals surface area contributed by atoms with Crippen molar-refractivity contribution in [3.05, 3.63) is 70.8 Å². The Hall–Kier alpha value is -4.73. The van der Waals surface area contributed by atoms with Gasteiger partial charge in [-0.2, -0.15) is 0 Å². The van der Waals surface area contributed by atoms with Gasteiger partial charge in [-0.25, -0.2) is 4.98 Å². The van der Waals surface area contributed by atoms with Crippen LogP contribution in [0.3, 0.4) is 0 Å². The van der Waals surface area contributed by atoms with Gasteiger partial charge in [-0.15, -0.1) is 10.2 Å². The maximum atomic E-state index is 11.0. The average Bonchev–Trinajstić information content (AvgIpc) is 3.40. The Balaban J connectivity index is 1.58. The number of aromatic nitrogens is 4. The van der Waals surface area contributed by atoms with Crippen molar-refractivity contribution in [1.29, 1.82) is 0 Å². The van der Waals surface area contributed by atoms with Crippen LogP contribution in [0.4, 0.5) is 5.69 Å². The van der Waals surface area contributed by atoms with Gasteiger partial charge in [-0.3, -0.25) is 10.1 Å². The number of hydrogen-bond donors (Lipinski definition) is 3. The van der Waals surface area contributed by atoms with Crippen molar-refractivity contribution in [2.75, 3.05) is 0 Å². The molecule has 0 aliphatic rings. The number of aromatic hydroxyl groups is 2. The van der Waals surface area contributed by atoms with E-state index in [2.05, 4.69) is 20.2 Å². The van der Waals surface area contributed by atoms with Gasteiger partial charge < -0.3 is 19.6 Å². The lowest BCUT2D eigenvalue weighted by atomic mass is 10.1. The third-order valence-electron chi connectivity index (χ3n) is 4.73. The maximum Gasteiger partial charge on any atom is 0.271 e. The summed E-state index contributed by atoms with van der Waals surface area (Å²) in [6, 6.07) is 15.7. The van der Waals surface area contributed by atoms with Crippen molar-refractivity contribution in [1.82, 2.24) is 20.2 Å². The molecule has 0 saturated carbocycles. The number of aromatic amines is 1. The van der Waals surface area contributed by atoms with Gasteiger partial charge in [-0.05, 0) is 24.3 Å². The molecule has 0 radical (unpaired) electrons.